The van der Waals surface area contributed by atoms with Crippen molar-refractivity contribution in [3.05, 3.63) is 0 Å². The molecule has 2 aliphatic heterocycles. The van der Waals surface area contributed by atoms with E-state index in [1.807, 2.05) is 11.8 Å². The van der Waals surface area contributed by atoms with Crippen molar-refractivity contribution in [1.82, 2.24) is 5.32 Å². The predicted molar refractivity (Wildman–Crippen MR) is 76.6 cm³/mol. The molecule has 0 radical (unpaired) electrons. The average molecular weight is 258 g/mol. The van der Waals surface area contributed by atoms with E-state index >= 15 is 0 Å². The van der Waals surface area contributed by atoms with Gasteiger partial charge in [-0.05, 0) is 36.2 Å². The molecule has 0 aliphatic carbocycles. The number of thioether (sulfide) groups is 2. The van der Waals surface area contributed by atoms with Gasteiger partial charge in [-0.3, -0.25) is 4.99 Å². The third kappa shape index (κ3) is 3.59. The molecule has 92 valence electrons. The van der Waals surface area contributed by atoms with Crippen molar-refractivity contribution in [3.8, 4) is 0 Å². The Morgan fingerprint density at radius 3 is 2.75 bits per heavy atom. The summed E-state index contributed by atoms with van der Waals surface area (Å²) in [5, 5.41) is 4.73. The van der Waals surface area contributed by atoms with E-state index in [1.54, 1.807) is 0 Å². The first-order chi connectivity index (χ1) is 7.75. The summed E-state index contributed by atoms with van der Waals surface area (Å²) in [5.41, 5.74) is 0. The molecule has 0 spiro atoms. The first-order valence-corrected chi connectivity index (χ1v) is 8.41. The van der Waals surface area contributed by atoms with E-state index in [2.05, 4.69) is 30.9 Å². The van der Waals surface area contributed by atoms with Crippen LogP contribution in [0.4, 0.5) is 0 Å². The first kappa shape index (κ1) is 12.6. The molecule has 2 nitrogen and oxygen atoms in total. The van der Waals surface area contributed by atoms with Crippen molar-refractivity contribution in [2.45, 2.75) is 32.7 Å². The van der Waals surface area contributed by atoms with Gasteiger partial charge in [0.25, 0.3) is 0 Å². The van der Waals surface area contributed by atoms with E-state index in [1.165, 1.54) is 35.3 Å². The summed E-state index contributed by atoms with van der Waals surface area (Å²) in [7, 11) is 0. The van der Waals surface area contributed by atoms with Gasteiger partial charge >= 0.3 is 0 Å². The number of rotatable bonds is 3. The minimum Gasteiger partial charge on any atom is -0.361 e. The Labute approximate surface area is 107 Å². The molecule has 2 heterocycles. The molecule has 0 aromatic heterocycles. The molecule has 2 aliphatic rings. The lowest BCUT2D eigenvalue weighted by molar-refractivity contribution is 0.492. The molecule has 0 amide bonds. The third-order valence-electron chi connectivity index (χ3n) is 3.35. The molecule has 0 bridgehead atoms. The molecule has 0 aromatic carbocycles. The fourth-order valence-electron chi connectivity index (χ4n) is 2.00. The summed E-state index contributed by atoms with van der Waals surface area (Å²) in [6.45, 7) is 5.60. The summed E-state index contributed by atoms with van der Waals surface area (Å²) in [5.74, 6) is 5.42. The van der Waals surface area contributed by atoms with Gasteiger partial charge in [0, 0.05) is 18.3 Å². The summed E-state index contributed by atoms with van der Waals surface area (Å²) in [6.07, 6.45) is 2.72. The number of nitrogens with zero attached hydrogens (tertiary/aromatic N) is 1. The molecular formula is C12H22N2S2. The van der Waals surface area contributed by atoms with Crippen molar-refractivity contribution in [3.63, 3.8) is 0 Å². The second-order valence-corrected chi connectivity index (χ2v) is 7.24. The zero-order valence-corrected chi connectivity index (χ0v) is 11.9. The molecule has 1 N–H and O–H groups in total. The van der Waals surface area contributed by atoms with Gasteiger partial charge in [0.15, 0.2) is 5.17 Å². The highest BCUT2D eigenvalue weighted by atomic mass is 32.2. The highest BCUT2D eigenvalue weighted by Crippen LogP contribution is 2.24. The highest BCUT2D eigenvalue weighted by molar-refractivity contribution is 8.14. The van der Waals surface area contributed by atoms with Crippen molar-refractivity contribution in [2.24, 2.45) is 16.8 Å². The Morgan fingerprint density at radius 1 is 1.38 bits per heavy atom. The van der Waals surface area contributed by atoms with Crippen molar-refractivity contribution in [1.29, 1.82) is 0 Å². The van der Waals surface area contributed by atoms with Gasteiger partial charge < -0.3 is 5.32 Å². The van der Waals surface area contributed by atoms with E-state index in [-0.39, 0.29) is 0 Å². The summed E-state index contributed by atoms with van der Waals surface area (Å²) >= 11 is 3.99. The minimum absolute atomic E-state index is 0.630. The van der Waals surface area contributed by atoms with Crippen LogP contribution in [0.2, 0.25) is 0 Å². The zero-order chi connectivity index (χ0) is 11.4. The standard InChI is InChI=1S/C12H22N2S2/c1-9(2)11-8-16-12(14-11)13-7-10-3-5-15-6-4-10/h9-11H,3-8H2,1-2H3,(H,13,14). The zero-order valence-electron chi connectivity index (χ0n) is 10.2. The summed E-state index contributed by atoms with van der Waals surface area (Å²) < 4.78 is 0. The largest absolute Gasteiger partial charge is 0.361 e. The van der Waals surface area contributed by atoms with Crippen LogP contribution in [-0.4, -0.2) is 35.0 Å². The predicted octanol–water partition coefficient (Wildman–Crippen LogP) is 2.85. The molecule has 1 unspecified atom stereocenters. The lowest BCUT2D eigenvalue weighted by atomic mass is 10.0. The van der Waals surface area contributed by atoms with Crippen LogP contribution in [0, 0.1) is 11.8 Å². The molecule has 2 saturated heterocycles. The third-order valence-corrected chi connectivity index (χ3v) is 5.44. The van der Waals surface area contributed by atoms with E-state index < -0.39 is 0 Å². The number of hydrogen-bond acceptors (Lipinski definition) is 3. The maximum Gasteiger partial charge on any atom is 0.156 e. The van der Waals surface area contributed by atoms with E-state index in [9.17, 15) is 0 Å². The maximum absolute atomic E-state index is 4.74. The normalized spacial score (nSPS) is 29.9. The Balaban J connectivity index is 1.75. The maximum atomic E-state index is 4.74. The van der Waals surface area contributed by atoms with Crippen molar-refractivity contribution in [2.75, 3.05) is 23.8 Å². The Kier molecular flexibility index (Phi) is 4.89. The van der Waals surface area contributed by atoms with Gasteiger partial charge in [-0.2, -0.15) is 11.8 Å². The quantitative estimate of drug-likeness (QED) is 0.842. The first-order valence-electron chi connectivity index (χ1n) is 6.27. The van der Waals surface area contributed by atoms with Crippen LogP contribution in [0.1, 0.15) is 26.7 Å². The van der Waals surface area contributed by atoms with Gasteiger partial charge in [0.1, 0.15) is 0 Å². The Bertz CT molecular complexity index is 247. The lowest BCUT2D eigenvalue weighted by Gasteiger charge is -2.19. The van der Waals surface area contributed by atoms with Crippen LogP contribution >= 0.6 is 23.5 Å². The lowest BCUT2D eigenvalue weighted by Crippen LogP contribution is -2.31. The minimum atomic E-state index is 0.630. The van der Waals surface area contributed by atoms with E-state index in [0.29, 0.717) is 12.0 Å². The Hall–Kier alpha value is 0.170. The number of nitrogens with one attached hydrogen (secondary N) is 1. The van der Waals surface area contributed by atoms with Crippen molar-refractivity contribution >= 4 is 28.7 Å². The molecule has 2 fully saturated rings. The van der Waals surface area contributed by atoms with Crippen LogP contribution in [0.3, 0.4) is 0 Å². The highest BCUT2D eigenvalue weighted by Gasteiger charge is 2.23. The van der Waals surface area contributed by atoms with Crippen molar-refractivity contribution < 1.29 is 0 Å². The number of aliphatic imine (C=N–C) groups is 1. The van der Waals surface area contributed by atoms with Crippen LogP contribution in [0.5, 0.6) is 0 Å². The number of hydrogen-bond donors (Lipinski definition) is 1. The van der Waals surface area contributed by atoms with E-state index in [0.717, 1.165) is 12.5 Å². The molecule has 0 aromatic rings. The monoisotopic (exact) mass is 258 g/mol. The smallest absolute Gasteiger partial charge is 0.156 e. The fraction of sp³-hybridized carbons (Fsp3) is 0.917. The van der Waals surface area contributed by atoms with E-state index in [4.69, 9.17) is 4.99 Å². The fourth-order valence-corrected chi connectivity index (χ4v) is 4.41. The van der Waals surface area contributed by atoms with Crippen LogP contribution in [0.15, 0.2) is 4.99 Å². The SMILES string of the molecule is CC(C)C1CSC(=NCC2CCSCC2)N1. The molecule has 4 heteroatoms. The van der Waals surface area contributed by atoms with Crippen LogP contribution in [0.25, 0.3) is 0 Å². The van der Waals surface area contributed by atoms with Gasteiger partial charge in [-0.25, -0.2) is 0 Å². The molecular weight excluding hydrogens is 236 g/mol. The second kappa shape index (κ2) is 6.20. The molecule has 1 atom stereocenters. The summed E-state index contributed by atoms with van der Waals surface area (Å²) in [6, 6.07) is 0.630. The van der Waals surface area contributed by atoms with Crippen LogP contribution < -0.4 is 5.32 Å². The summed E-state index contributed by atoms with van der Waals surface area (Å²) in [4.78, 5) is 4.74. The molecule has 16 heavy (non-hydrogen) atoms. The van der Waals surface area contributed by atoms with Crippen LogP contribution in [-0.2, 0) is 0 Å². The molecule has 0 saturated carbocycles. The van der Waals surface area contributed by atoms with Gasteiger partial charge in [0.2, 0.25) is 0 Å². The molecule has 2 rings (SSSR count). The van der Waals surface area contributed by atoms with Gasteiger partial charge in [0.05, 0.1) is 0 Å². The second-order valence-electron chi connectivity index (χ2n) is 5.01. The van der Waals surface area contributed by atoms with Gasteiger partial charge in [-0.1, -0.05) is 25.6 Å². The average Bonchev–Trinajstić information content (AvgIpc) is 2.76. The Morgan fingerprint density at radius 2 is 2.12 bits per heavy atom. The number of amidine groups is 1. The van der Waals surface area contributed by atoms with Gasteiger partial charge in [-0.15, -0.1) is 0 Å². The topological polar surface area (TPSA) is 24.4 Å².